The van der Waals surface area contributed by atoms with Crippen LogP contribution in [0.1, 0.15) is 105 Å². The van der Waals surface area contributed by atoms with Crippen LogP contribution in [0.2, 0.25) is 0 Å². The van der Waals surface area contributed by atoms with Crippen LogP contribution in [0.15, 0.2) is 0 Å². The van der Waals surface area contributed by atoms with Crippen molar-refractivity contribution in [2.75, 3.05) is 0 Å². The average molecular weight is 417 g/mol. The Morgan fingerprint density at radius 1 is 0.733 bits per heavy atom. The van der Waals surface area contributed by atoms with Crippen LogP contribution >= 0.6 is 0 Å². The molecule has 0 spiro atoms. The van der Waals surface area contributed by atoms with Crippen LogP contribution in [0.3, 0.4) is 0 Å². The maximum Gasteiger partial charge on any atom is 0.309 e. The summed E-state index contributed by atoms with van der Waals surface area (Å²) >= 11 is 0. The zero-order valence-electron chi connectivity index (χ0n) is 20.0. The second-order valence-corrected chi connectivity index (χ2v) is 13.5. The van der Waals surface area contributed by atoms with Gasteiger partial charge >= 0.3 is 5.97 Å². The van der Waals surface area contributed by atoms with Crippen LogP contribution in [0.4, 0.5) is 0 Å². The molecule has 30 heavy (non-hydrogen) atoms. The standard InChI is InChI=1S/C27H44O3/c1-23(2)19-10-14-26(5)20(24(19,3)13-11-21(23)28)9-8-17-18-7-6-12-27(18,22(29)30)16-15-25(17,26)4/h17-21,28H,6-16H2,1-5H3,(H,29,30)/t17?,18?,19?,20?,21?,24?,25-,26?,27?/m1/s1. The van der Waals surface area contributed by atoms with E-state index in [1.165, 1.54) is 25.7 Å². The number of fused-ring (bicyclic) bond motifs is 7. The van der Waals surface area contributed by atoms with E-state index in [1.54, 1.807) is 0 Å². The summed E-state index contributed by atoms with van der Waals surface area (Å²) in [7, 11) is 0. The minimum Gasteiger partial charge on any atom is -0.481 e. The molecular weight excluding hydrogens is 372 g/mol. The van der Waals surface area contributed by atoms with Crippen LogP contribution in [0, 0.1) is 50.7 Å². The number of aliphatic hydroxyl groups excluding tert-OH is 1. The molecule has 0 saturated heterocycles. The third-order valence-electron chi connectivity index (χ3n) is 12.8. The van der Waals surface area contributed by atoms with Gasteiger partial charge in [-0.25, -0.2) is 0 Å². The Morgan fingerprint density at radius 2 is 1.47 bits per heavy atom. The minimum atomic E-state index is -0.502. The van der Waals surface area contributed by atoms with Crippen molar-refractivity contribution in [2.24, 2.45) is 50.7 Å². The summed E-state index contributed by atoms with van der Waals surface area (Å²) in [5, 5.41) is 21.0. The van der Waals surface area contributed by atoms with Crippen molar-refractivity contribution in [3.05, 3.63) is 0 Å². The number of carboxylic acids is 1. The average Bonchev–Trinajstić information content (AvgIpc) is 3.11. The first-order chi connectivity index (χ1) is 13.9. The van der Waals surface area contributed by atoms with E-state index >= 15 is 0 Å². The van der Waals surface area contributed by atoms with Crippen molar-refractivity contribution in [1.29, 1.82) is 0 Å². The highest BCUT2D eigenvalue weighted by atomic mass is 16.4. The first kappa shape index (κ1) is 21.3. The van der Waals surface area contributed by atoms with Gasteiger partial charge in [-0.15, -0.1) is 0 Å². The third-order valence-corrected chi connectivity index (χ3v) is 12.8. The summed E-state index contributed by atoms with van der Waals surface area (Å²) in [6.45, 7) is 12.4. The Labute approximate surface area is 183 Å². The molecule has 0 aromatic rings. The molecule has 5 aliphatic carbocycles. The lowest BCUT2D eigenvalue weighted by Gasteiger charge is -2.72. The van der Waals surface area contributed by atoms with Gasteiger partial charge in [-0.3, -0.25) is 4.79 Å². The molecule has 0 bridgehead atoms. The van der Waals surface area contributed by atoms with Crippen molar-refractivity contribution >= 4 is 5.97 Å². The third kappa shape index (κ3) is 2.29. The highest BCUT2D eigenvalue weighted by molar-refractivity contribution is 5.76. The molecule has 3 heteroatoms. The predicted octanol–water partition coefficient (Wildman–Crippen LogP) is 6.29. The van der Waals surface area contributed by atoms with Gasteiger partial charge in [0.2, 0.25) is 0 Å². The summed E-state index contributed by atoms with van der Waals surface area (Å²) in [6, 6.07) is 0. The second-order valence-electron chi connectivity index (χ2n) is 13.5. The van der Waals surface area contributed by atoms with Gasteiger partial charge in [0.1, 0.15) is 0 Å². The molecule has 5 rings (SSSR count). The normalized spacial score (nSPS) is 56.9. The summed E-state index contributed by atoms with van der Waals surface area (Å²) in [4.78, 5) is 12.4. The van der Waals surface area contributed by atoms with Crippen molar-refractivity contribution < 1.29 is 15.0 Å². The lowest BCUT2D eigenvalue weighted by molar-refractivity contribution is -0.246. The Hall–Kier alpha value is -0.570. The van der Waals surface area contributed by atoms with Crippen LogP contribution in [0.25, 0.3) is 0 Å². The highest BCUT2D eigenvalue weighted by Gasteiger charge is 2.70. The number of aliphatic hydroxyl groups is 1. The molecule has 0 amide bonds. The van der Waals surface area contributed by atoms with Crippen LogP contribution in [-0.2, 0) is 4.79 Å². The highest BCUT2D eigenvalue weighted by Crippen LogP contribution is 2.76. The van der Waals surface area contributed by atoms with Gasteiger partial charge in [0.25, 0.3) is 0 Å². The van der Waals surface area contributed by atoms with Gasteiger partial charge in [-0.05, 0) is 110 Å². The smallest absolute Gasteiger partial charge is 0.309 e. The molecule has 5 fully saturated rings. The van der Waals surface area contributed by atoms with Gasteiger partial charge in [-0.2, -0.15) is 0 Å². The molecule has 170 valence electrons. The van der Waals surface area contributed by atoms with Crippen molar-refractivity contribution in [3.8, 4) is 0 Å². The Kier molecular flexibility index (Phi) is 4.45. The largest absolute Gasteiger partial charge is 0.481 e. The molecular formula is C27H44O3. The van der Waals surface area contributed by atoms with Crippen LogP contribution in [-0.4, -0.2) is 22.3 Å². The molecule has 0 radical (unpaired) electrons. The van der Waals surface area contributed by atoms with Crippen LogP contribution < -0.4 is 0 Å². The lowest BCUT2D eigenvalue weighted by Crippen LogP contribution is -2.66. The summed E-state index contributed by atoms with van der Waals surface area (Å²) in [6.07, 6.45) is 12.0. The molecule has 0 aliphatic heterocycles. The number of rotatable bonds is 1. The summed E-state index contributed by atoms with van der Waals surface area (Å²) < 4.78 is 0. The molecule has 8 unspecified atom stereocenters. The van der Waals surface area contributed by atoms with Gasteiger partial charge in [-0.1, -0.05) is 41.0 Å². The Balaban J connectivity index is 1.53. The van der Waals surface area contributed by atoms with Crippen molar-refractivity contribution in [3.63, 3.8) is 0 Å². The first-order valence-electron chi connectivity index (χ1n) is 12.8. The van der Waals surface area contributed by atoms with Crippen molar-refractivity contribution in [2.45, 2.75) is 111 Å². The molecule has 2 N–H and O–H groups in total. The van der Waals surface area contributed by atoms with Crippen molar-refractivity contribution in [1.82, 2.24) is 0 Å². The predicted molar refractivity (Wildman–Crippen MR) is 119 cm³/mol. The van der Waals surface area contributed by atoms with E-state index in [2.05, 4.69) is 34.6 Å². The number of hydrogen-bond acceptors (Lipinski definition) is 2. The minimum absolute atomic E-state index is 0.00254. The molecule has 5 saturated carbocycles. The fourth-order valence-electron chi connectivity index (χ4n) is 10.9. The second kappa shape index (κ2) is 6.27. The van der Waals surface area contributed by atoms with E-state index < -0.39 is 11.4 Å². The van der Waals surface area contributed by atoms with Gasteiger partial charge in [0, 0.05) is 0 Å². The summed E-state index contributed by atoms with van der Waals surface area (Å²) in [5.74, 6) is 1.77. The quantitative estimate of drug-likeness (QED) is 0.528. The molecule has 0 heterocycles. The van der Waals surface area contributed by atoms with E-state index in [4.69, 9.17) is 0 Å². The van der Waals surface area contributed by atoms with Crippen LogP contribution in [0.5, 0.6) is 0 Å². The number of carboxylic acid groups (broad SMARTS) is 1. The van der Waals surface area contributed by atoms with E-state index in [0.29, 0.717) is 34.5 Å². The molecule has 0 aromatic carbocycles. The van der Waals surface area contributed by atoms with E-state index in [-0.39, 0.29) is 16.9 Å². The summed E-state index contributed by atoms with van der Waals surface area (Å²) in [5.41, 5.74) is 0.444. The number of carbonyl (C=O) groups is 1. The molecule has 5 aliphatic rings. The van der Waals surface area contributed by atoms with E-state index in [0.717, 1.165) is 44.9 Å². The Bertz CT molecular complexity index is 744. The van der Waals surface area contributed by atoms with E-state index in [1.807, 2.05) is 0 Å². The molecule has 0 aromatic heterocycles. The molecule has 9 atom stereocenters. The number of hydrogen-bond donors (Lipinski definition) is 2. The zero-order valence-corrected chi connectivity index (χ0v) is 20.0. The first-order valence-corrected chi connectivity index (χ1v) is 12.8. The van der Waals surface area contributed by atoms with Gasteiger partial charge in [0.15, 0.2) is 0 Å². The topological polar surface area (TPSA) is 57.5 Å². The maximum atomic E-state index is 12.4. The zero-order chi connectivity index (χ0) is 21.7. The van der Waals surface area contributed by atoms with Gasteiger partial charge in [0.05, 0.1) is 11.5 Å². The molecule has 3 nitrogen and oxygen atoms in total. The maximum absolute atomic E-state index is 12.4. The fourth-order valence-corrected chi connectivity index (χ4v) is 10.9. The monoisotopic (exact) mass is 416 g/mol. The van der Waals surface area contributed by atoms with Gasteiger partial charge < -0.3 is 10.2 Å². The fraction of sp³-hybridized carbons (Fsp3) is 0.963. The Morgan fingerprint density at radius 3 is 2.17 bits per heavy atom. The van der Waals surface area contributed by atoms with E-state index in [9.17, 15) is 15.0 Å². The lowest BCUT2D eigenvalue weighted by atomic mass is 9.32. The SMILES string of the molecule is CC1(C)C(O)CCC2(C)C1CCC1(C)C2CCC2C3CCCC3(C(=O)O)CC[C@]21C. The number of aliphatic carboxylic acids is 1.